The molecular formula is C11H17NO2. The van der Waals surface area contributed by atoms with Crippen LogP contribution in [0.2, 0.25) is 0 Å². The van der Waals surface area contributed by atoms with Crippen molar-refractivity contribution in [2.45, 2.75) is 19.3 Å². The number of methoxy groups -OCH3 is 1. The number of rotatable bonds is 5. The number of phenols is 1. The summed E-state index contributed by atoms with van der Waals surface area (Å²) in [6.07, 6.45) is 2.76. The highest BCUT2D eigenvalue weighted by Gasteiger charge is 2.06. The topological polar surface area (TPSA) is 55.5 Å². The van der Waals surface area contributed by atoms with E-state index >= 15 is 0 Å². The molecule has 0 heterocycles. The van der Waals surface area contributed by atoms with Crippen LogP contribution in [-0.4, -0.2) is 18.8 Å². The smallest absolute Gasteiger partial charge is 0.125 e. The van der Waals surface area contributed by atoms with Gasteiger partial charge in [-0.2, -0.15) is 0 Å². The van der Waals surface area contributed by atoms with E-state index < -0.39 is 0 Å². The highest BCUT2D eigenvalue weighted by atomic mass is 16.5. The molecule has 0 radical (unpaired) electrons. The Balaban J connectivity index is 2.72. The summed E-state index contributed by atoms with van der Waals surface area (Å²) < 4.78 is 5.17. The van der Waals surface area contributed by atoms with E-state index in [9.17, 15) is 5.11 Å². The number of hydrogen-bond acceptors (Lipinski definition) is 3. The maximum atomic E-state index is 9.61. The van der Waals surface area contributed by atoms with Crippen molar-refractivity contribution in [3.8, 4) is 11.5 Å². The normalized spacial score (nSPS) is 10.1. The Morgan fingerprint density at radius 2 is 2.14 bits per heavy atom. The molecule has 0 aromatic heterocycles. The van der Waals surface area contributed by atoms with E-state index in [1.54, 1.807) is 19.2 Å². The van der Waals surface area contributed by atoms with Crippen LogP contribution in [0.15, 0.2) is 18.2 Å². The van der Waals surface area contributed by atoms with Crippen LogP contribution in [0.4, 0.5) is 0 Å². The molecule has 0 saturated carbocycles. The summed E-state index contributed by atoms with van der Waals surface area (Å²) in [7, 11) is 1.61. The predicted octanol–water partition coefficient (Wildman–Crippen LogP) is 1.68. The average Bonchev–Trinajstić information content (AvgIpc) is 2.20. The van der Waals surface area contributed by atoms with Crippen molar-refractivity contribution in [3.63, 3.8) is 0 Å². The molecule has 78 valence electrons. The molecule has 1 aromatic rings. The van der Waals surface area contributed by atoms with Gasteiger partial charge in [0.1, 0.15) is 11.5 Å². The summed E-state index contributed by atoms with van der Waals surface area (Å²) >= 11 is 0. The van der Waals surface area contributed by atoms with Crippen molar-refractivity contribution >= 4 is 0 Å². The highest BCUT2D eigenvalue weighted by Crippen LogP contribution is 2.28. The number of unbranched alkanes of at least 4 members (excludes halogenated alkanes) is 1. The van der Waals surface area contributed by atoms with Crippen LogP contribution in [0, 0.1) is 0 Å². The summed E-state index contributed by atoms with van der Waals surface area (Å²) in [5.74, 6) is 1.06. The number of ether oxygens (including phenoxy) is 1. The van der Waals surface area contributed by atoms with Gasteiger partial charge in [-0.05, 0) is 37.9 Å². The fourth-order valence-electron chi connectivity index (χ4n) is 1.44. The molecular weight excluding hydrogens is 178 g/mol. The number of aromatic hydroxyl groups is 1. The third kappa shape index (κ3) is 2.64. The second kappa shape index (κ2) is 5.50. The molecule has 3 nitrogen and oxygen atoms in total. The lowest BCUT2D eigenvalue weighted by molar-refractivity contribution is 0.398. The molecule has 0 aliphatic carbocycles. The van der Waals surface area contributed by atoms with E-state index in [0.29, 0.717) is 12.3 Å². The second-order valence-electron chi connectivity index (χ2n) is 3.20. The Bertz CT molecular complexity index is 287. The Morgan fingerprint density at radius 3 is 2.79 bits per heavy atom. The summed E-state index contributed by atoms with van der Waals surface area (Å²) in [5.41, 5.74) is 6.29. The summed E-state index contributed by atoms with van der Waals surface area (Å²) in [6, 6.07) is 5.32. The quantitative estimate of drug-likeness (QED) is 0.703. The molecule has 0 aliphatic heterocycles. The first-order valence-corrected chi connectivity index (χ1v) is 4.84. The molecule has 0 spiro atoms. The first-order valence-electron chi connectivity index (χ1n) is 4.84. The van der Waals surface area contributed by atoms with Crippen LogP contribution in [0.3, 0.4) is 0 Å². The van der Waals surface area contributed by atoms with E-state index in [1.165, 1.54) is 0 Å². The largest absolute Gasteiger partial charge is 0.508 e. The fraction of sp³-hybridized carbons (Fsp3) is 0.455. The van der Waals surface area contributed by atoms with Gasteiger partial charge in [0.25, 0.3) is 0 Å². The zero-order chi connectivity index (χ0) is 10.4. The second-order valence-corrected chi connectivity index (χ2v) is 3.20. The van der Waals surface area contributed by atoms with Crippen molar-refractivity contribution in [1.29, 1.82) is 0 Å². The predicted molar refractivity (Wildman–Crippen MR) is 56.7 cm³/mol. The Labute approximate surface area is 84.5 Å². The number of benzene rings is 1. The van der Waals surface area contributed by atoms with Gasteiger partial charge in [0.15, 0.2) is 0 Å². The van der Waals surface area contributed by atoms with Gasteiger partial charge in [0.2, 0.25) is 0 Å². The highest BCUT2D eigenvalue weighted by molar-refractivity contribution is 5.43. The lowest BCUT2D eigenvalue weighted by Crippen LogP contribution is -2.00. The third-order valence-electron chi connectivity index (χ3n) is 2.21. The number of nitrogens with two attached hydrogens (primary N) is 1. The Kier molecular flexibility index (Phi) is 4.26. The van der Waals surface area contributed by atoms with Crippen molar-refractivity contribution < 1.29 is 9.84 Å². The zero-order valence-electron chi connectivity index (χ0n) is 8.49. The Morgan fingerprint density at radius 1 is 1.36 bits per heavy atom. The molecule has 0 atom stereocenters. The van der Waals surface area contributed by atoms with Crippen LogP contribution in [0.5, 0.6) is 11.5 Å². The number of phenolic OH excluding ortho intramolecular Hbond substituents is 1. The van der Waals surface area contributed by atoms with Gasteiger partial charge in [-0.3, -0.25) is 0 Å². The van der Waals surface area contributed by atoms with Gasteiger partial charge in [0, 0.05) is 5.56 Å². The van der Waals surface area contributed by atoms with Gasteiger partial charge in [0.05, 0.1) is 7.11 Å². The maximum Gasteiger partial charge on any atom is 0.125 e. The maximum absolute atomic E-state index is 9.61. The molecule has 0 saturated heterocycles. The van der Waals surface area contributed by atoms with E-state index in [1.807, 2.05) is 6.07 Å². The standard InChI is InChI=1S/C11H17NO2/c1-14-11-7-4-6-10(13)9(11)5-2-3-8-12/h4,6-7,13H,2-3,5,8,12H2,1H3. The molecule has 14 heavy (non-hydrogen) atoms. The molecule has 0 unspecified atom stereocenters. The van der Waals surface area contributed by atoms with Crippen molar-refractivity contribution in [1.82, 2.24) is 0 Å². The number of hydrogen-bond donors (Lipinski definition) is 2. The lowest BCUT2D eigenvalue weighted by Gasteiger charge is -2.09. The van der Waals surface area contributed by atoms with Gasteiger partial charge in [-0.15, -0.1) is 0 Å². The van der Waals surface area contributed by atoms with Crippen LogP contribution in [0.1, 0.15) is 18.4 Å². The van der Waals surface area contributed by atoms with Crippen molar-refractivity contribution in [2.75, 3.05) is 13.7 Å². The minimum atomic E-state index is 0.307. The van der Waals surface area contributed by atoms with Gasteiger partial charge >= 0.3 is 0 Å². The van der Waals surface area contributed by atoms with Crippen LogP contribution < -0.4 is 10.5 Å². The minimum absolute atomic E-state index is 0.307. The summed E-state index contributed by atoms with van der Waals surface area (Å²) in [6.45, 7) is 0.690. The molecule has 1 rings (SSSR count). The molecule has 3 heteroatoms. The first-order chi connectivity index (χ1) is 6.79. The van der Waals surface area contributed by atoms with Gasteiger partial charge in [-0.25, -0.2) is 0 Å². The Hall–Kier alpha value is -1.22. The molecule has 1 aromatic carbocycles. The van der Waals surface area contributed by atoms with Gasteiger partial charge in [-0.1, -0.05) is 6.07 Å². The molecule has 0 amide bonds. The molecule has 3 N–H and O–H groups in total. The fourth-order valence-corrected chi connectivity index (χ4v) is 1.44. The lowest BCUT2D eigenvalue weighted by atomic mass is 10.1. The van der Waals surface area contributed by atoms with Gasteiger partial charge < -0.3 is 15.6 Å². The van der Waals surface area contributed by atoms with E-state index in [2.05, 4.69) is 0 Å². The SMILES string of the molecule is COc1cccc(O)c1CCCCN. The minimum Gasteiger partial charge on any atom is -0.508 e. The average molecular weight is 195 g/mol. The van der Waals surface area contributed by atoms with E-state index in [0.717, 1.165) is 30.6 Å². The molecule has 0 bridgehead atoms. The monoisotopic (exact) mass is 195 g/mol. The first kappa shape index (κ1) is 10.9. The summed E-state index contributed by atoms with van der Waals surface area (Å²) in [5, 5.41) is 9.61. The van der Waals surface area contributed by atoms with E-state index in [-0.39, 0.29) is 0 Å². The van der Waals surface area contributed by atoms with Crippen LogP contribution in [-0.2, 0) is 6.42 Å². The van der Waals surface area contributed by atoms with Crippen LogP contribution in [0.25, 0.3) is 0 Å². The van der Waals surface area contributed by atoms with Crippen molar-refractivity contribution in [2.24, 2.45) is 5.73 Å². The molecule has 0 aliphatic rings. The van der Waals surface area contributed by atoms with E-state index in [4.69, 9.17) is 10.5 Å². The van der Waals surface area contributed by atoms with Crippen LogP contribution >= 0.6 is 0 Å². The van der Waals surface area contributed by atoms with Crippen molar-refractivity contribution in [3.05, 3.63) is 23.8 Å². The summed E-state index contributed by atoms with van der Waals surface area (Å²) in [4.78, 5) is 0. The zero-order valence-corrected chi connectivity index (χ0v) is 8.49. The third-order valence-corrected chi connectivity index (χ3v) is 2.21. The molecule has 0 fully saturated rings.